The van der Waals surface area contributed by atoms with E-state index in [-0.39, 0.29) is 29.4 Å². The molecule has 0 fully saturated rings. The van der Waals surface area contributed by atoms with Crippen LogP contribution in [0.25, 0.3) is 0 Å². The minimum absolute atomic E-state index is 0.197. The molecule has 0 radical (unpaired) electrons. The second kappa shape index (κ2) is 10.5. The molecule has 8 heteroatoms. The Kier molecular flexibility index (Phi) is 7.64. The van der Waals surface area contributed by atoms with E-state index in [9.17, 15) is 13.2 Å². The van der Waals surface area contributed by atoms with Crippen molar-refractivity contribution in [1.29, 1.82) is 0 Å². The number of carbonyl (C=O) groups excluding carboxylic acids is 1. The summed E-state index contributed by atoms with van der Waals surface area (Å²) in [6, 6.07) is 16.0. The highest BCUT2D eigenvalue weighted by atomic mass is 32.2. The summed E-state index contributed by atoms with van der Waals surface area (Å²) in [7, 11) is -3.82. The van der Waals surface area contributed by atoms with E-state index < -0.39 is 10.0 Å². The highest BCUT2D eigenvalue weighted by Gasteiger charge is 2.36. The van der Waals surface area contributed by atoms with Gasteiger partial charge in [-0.1, -0.05) is 35.4 Å². The number of aryl methyl sites for hydroxylation is 2. The van der Waals surface area contributed by atoms with Crippen molar-refractivity contribution in [2.24, 2.45) is 0 Å². The van der Waals surface area contributed by atoms with Gasteiger partial charge >= 0.3 is 0 Å². The number of thiophene rings is 1. The Labute approximate surface area is 212 Å². The van der Waals surface area contributed by atoms with Crippen LogP contribution in [0, 0.1) is 13.8 Å². The number of nitrogens with zero attached hydrogens (tertiary/aromatic N) is 2. The molecule has 1 atom stereocenters. The van der Waals surface area contributed by atoms with Crippen molar-refractivity contribution in [1.82, 2.24) is 9.21 Å². The number of fused-ring (bicyclic) bond motifs is 1. The third kappa shape index (κ3) is 5.60. The maximum atomic E-state index is 13.6. The number of amides is 1. The van der Waals surface area contributed by atoms with E-state index in [1.165, 1.54) is 9.18 Å². The van der Waals surface area contributed by atoms with Crippen molar-refractivity contribution in [2.45, 2.75) is 51.1 Å². The zero-order chi connectivity index (χ0) is 25.2. The van der Waals surface area contributed by atoms with Crippen LogP contribution in [0.4, 0.5) is 0 Å². The summed E-state index contributed by atoms with van der Waals surface area (Å²) in [5.41, 5.74) is 3.21. The fraction of sp³-hybridized carbons (Fsp3) is 0.370. The van der Waals surface area contributed by atoms with Gasteiger partial charge in [-0.05, 0) is 75.4 Å². The fourth-order valence-electron chi connectivity index (χ4n) is 4.30. The van der Waals surface area contributed by atoms with Gasteiger partial charge in [0.05, 0.1) is 17.5 Å². The Morgan fingerprint density at radius 1 is 1.06 bits per heavy atom. The van der Waals surface area contributed by atoms with Gasteiger partial charge in [-0.15, -0.1) is 11.3 Å². The molecule has 35 heavy (non-hydrogen) atoms. The van der Waals surface area contributed by atoms with Crippen LogP contribution in [0.3, 0.4) is 0 Å². The van der Waals surface area contributed by atoms with Gasteiger partial charge in [0.15, 0.2) is 0 Å². The number of carbonyl (C=O) groups is 1. The monoisotopic (exact) mass is 512 g/mol. The minimum Gasteiger partial charge on any atom is -0.491 e. The van der Waals surface area contributed by atoms with E-state index in [0.717, 1.165) is 28.9 Å². The molecule has 1 aliphatic heterocycles. The van der Waals surface area contributed by atoms with E-state index >= 15 is 0 Å². The molecule has 3 aromatic rings. The molecule has 0 aliphatic carbocycles. The largest absolute Gasteiger partial charge is 0.491 e. The fourth-order valence-corrected chi connectivity index (χ4v) is 6.81. The molecule has 1 amide bonds. The molecule has 1 unspecified atom stereocenters. The number of ether oxygens (including phenoxy) is 1. The van der Waals surface area contributed by atoms with Crippen LogP contribution in [0.1, 0.15) is 41.5 Å². The van der Waals surface area contributed by atoms with Crippen LogP contribution in [-0.4, -0.2) is 49.3 Å². The van der Waals surface area contributed by atoms with Crippen molar-refractivity contribution >= 4 is 27.3 Å². The summed E-state index contributed by atoms with van der Waals surface area (Å²) in [6.45, 7) is 8.15. The zero-order valence-corrected chi connectivity index (χ0v) is 22.2. The van der Waals surface area contributed by atoms with E-state index in [4.69, 9.17) is 4.74 Å². The summed E-state index contributed by atoms with van der Waals surface area (Å²) in [4.78, 5) is 16.8. The molecule has 4 rings (SSSR count). The second-order valence-electron chi connectivity index (χ2n) is 9.23. The van der Waals surface area contributed by atoms with Crippen LogP contribution in [0.2, 0.25) is 0 Å². The molecule has 186 valence electrons. The first-order valence-electron chi connectivity index (χ1n) is 11.8. The quantitative estimate of drug-likeness (QED) is 0.427. The molecule has 6 nitrogen and oxygen atoms in total. The van der Waals surface area contributed by atoms with Crippen LogP contribution < -0.4 is 4.74 Å². The van der Waals surface area contributed by atoms with Gasteiger partial charge < -0.3 is 9.64 Å². The number of benzene rings is 2. The Morgan fingerprint density at radius 3 is 2.31 bits per heavy atom. The Balaban J connectivity index is 1.56. The molecule has 0 bridgehead atoms. The summed E-state index contributed by atoms with van der Waals surface area (Å²) in [6.07, 6.45) is 0.756. The topological polar surface area (TPSA) is 66.9 Å². The van der Waals surface area contributed by atoms with Crippen LogP contribution in [0.15, 0.2) is 64.9 Å². The molecule has 2 aromatic carbocycles. The smallest absolute Gasteiger partial charge is 0.243 e. The lowest BCUT2D eigenvalue weighted by Gasteiger charge is -2.37. The van der Waals surface area contributed by atoms with Gasteiger partial charge in [-0.2, -0.15) is 4.31 Å². The highest BCUT2D eigenvalue weighted by Crippen LogP contribution is 2.34. The molecule has 0 saturated heterocycles. The normalized spacial score (nSPS) is 15.9. The summed E-state index contributed by atoms with van der Waals surface area (Å²) >= 11 is 1.69. The molecule has 2 heterocycles. The van der Waals surface area contributed by atoms with Gasteiger partial charge in [0.1, 0.15) is 12.4 Å². The third-order valence-corrected chi connectivity index (χ3v) is 9.37. The van der Waals surface area contributed by atoms with Gasteiger partial charge in [-0.3, -0.25) is 4.79 Å². The molecular weight excluding hydrogens is 480 g/mol. The molecule has 0 saturated carbocycles. The van der Waals surface area contributed by atoms with Crippen molar-refractivity contribution < 1.29 is 17.9 Å². The van der Waals surface area contributed by atoms with E-state index in [2.05, 4.69) is 0 Å². The lowest BCUT2D eigenvalue weighted by Crippen LogP contribution is -2.49. The first kappa shape index (κ1) is 25.4. The van der Waals surface area contributed by atoms with E-state index in [0.29, 0.717) is 13.2 Å². The van der Waals surface area contributed by atoms with Gasteiger partial charge in [-0.25, -0.2) is 8.42 Å². The lowest BCUT2D eigenvalue weighted by atomic mass is 10.0. The van der Waals surface area contributed by atoms with Crippen molar-refractivity contribution in [3.05, 3.63) is 81.5 Å². The van der Waals surface area contributed by atoms with Crippen molar-refractivity contribution in [2.75, 3.05) is 19.7 Å². The minimum atomic E-state index is -3.82. The third-order valence-electron chi connectivity index (χ3n) is 6.34. The van der Waals surface area contributed by atoms with Crippen LogP contribution in [0.5, 0.6) is 5.75 Å². The maximum absolute atomic E-state index is 13.6. The maximum Gasteiger partial charge on any atom is 0.243 e. The van der Waals surface area contributed by atoms with Crippen molar-refractivity contribution in [3.63, 3.8) is 0 Å². The summed E-state index contributed by atoms with van der Waals surface area (Å²) in [5.74, 6) is 0.528. The lowest BCUT2D eigenvalue weighted by molar-refractivity contribution is -0.135. The second-order valence-corrected chi connectivity index (χ2v) is 12.1. The van der Waals surface area contributed by atoms with Crippen LogP contribution >= 0.6 is 11.3 Å². The average Bonchev–Trinajstić information content (AvgIpc) is 3.31. The molecular formula is C27H32N2O4S2. The predicted molar refractivity (Wildman–Crippen MR) is 139 cm³/mol. The SMILES string of the molecule is Cc1ccc(OCC2c3ccsc3CCN2C(=O)CN(C(C)C)S(=O)(=O)c2ccc(C)cc2)cc1. The molecule has 1 aliphatic rings. The summed E-state index contributed by atoms with van der Waals surface area (Å²) in [5, 5.41) is 2.04. The highest BCUT2D eigenvalue weighted by molar-refractivity contribution is 7.89. The average molecular weight is 513 g/mol. The van der Waals surface area contributed by atoms with Gasteiger partial charge in [0.25, 0.3) is 0 Å². The van der Waals surface area contributed by atoms with E-state index in [1.54, 1.807) is 54.3 Å². The predicted octanol–water partition coefficient (Wildman–Crippen LogP) is 4.97. The molecule has 0 spiro atoms. The van der Waals surface area contributed by atoms with Gasteiger partial charge in [0.2, 0.25) is 15.9 Å². The molecule has 1 aromatic heterocycles. The van der Waals surface area contributed by atoms with Gasteiger partial charge in [0, 0.05) is 17.5 Å². The zero-order valence-electron chi connectivity index (χ0n) is 20.6. The van der Waals surface area contributed by atoms with Crippen molar-refractivity contribution in [3.8, 4) is 5.75 Å². The Morgan fingerprint density at radius 2 is 1.69 bits per heavy atom. The Hall–Kier alpha value is -2.68. The number of hydrogen-bond donors (Lipinski definition) is 0. The Bertz CT molecular complexity index is 1270. The number of rotatable bonds is 8. The standard InChI is InChI=1S/C27H32N2O4S2/c1-19(2)29(35(31,32)23-11-7-21(4)8-12-23)17-27(30)28-15-13-26-24(14-16-34-26)25(28)18-33-22-9-5-20(3)6-10-22/h5-12,14,16,19,25H,13,15,17-18H2,1-4H3. The van der Waals surface area contributed by atoms with E-state index in [1.807, 2.05) is 49.6 Å². The first-order valence-corrected chi connectivity index (χ1v) is 14.1. The summed E-state index contributed by atoms with van der Waals surface area (Å²) < 4.78 is 34.2. The first-order chi connectivity index (χ1) is 16.7. The van der Waals surface area contributed by atoms with Crippen LogP contribution in [-0.2, 0) is 21.2 Å². The number of hydrogen-bond acceptors (Lipinski definition) is 5. The molecule has 0 N–H and O–H groups in total. The number of sulfonamides is 1.